The summed E-state index contributed by atoms with van der Waals surface area (Å²) in [6, 6.07) is 8.24. The van der Waals surface area contributed by atoms with Crippen molar-refractivity contribution in [2.24, 2.45) is 5.92 Å². The van der Waals surface area contributed by atoms with Crippen molar-refractivity contribution in [1.29, 1.82) is 0 Å². The van der Waals surface area contributed by atoms with Crippen LogP contribution in [0.25, 0.3) is 0 Å². The number of benzene rings is 1. The summed E-state index contributed by atoms with van der Waals surface area (Å²) in [6.45, 7) is 9.18. The fraction of sp³-hybridized carbons (Fsp3) is 0.571. The van der Waals surface area contributed by atoms with Gasteiger partial charge in [-0.3, -0.25) is 0 Å². The van der Waals surface area contributed by atoms with E-state index in [9.17, 15) is 0 Å². The van der Waals surface area contributed by atoms with Crippen molar-refractivity contribution in [3.8, 4) is 5.75 Å². The van der Waals surface area contributed by atoms with Gasteiger partial charge < -0.3 is 4.74 Å². The van der Waals surface area contributed by atoms with E-state index >= 15 is 0 Å². The number of halogens is 1. The SMILES string of the molecule is CCOc1ccc(C(C)C(Cl)C(C)C)cc1. The molecular weight excluding hydrogens is 220 g/mol. The monoisotopic (exact) mass is 240 g/mol. The van der Waals surface area contributed by atoms with Crippen LogP contribution in [0.4, 0.5) is 0 Å². The second kappa shape index (κ2) is 6.15. The van der Waals surface area contributed by atoms with Crippen LogP contribution in [-0.2, 0) is 0 Å². The Morgan fingerprint density at radius 1 is 1.12 bits per heavy atom. The number of alkyl halides is 1. The molecule has 90 valence electrons. The predicted octanol–water partition coefficient (Wildman–Crippen LogP) is 4.45. The maximum Gasteiger partial charge on any atom is 0.119 e. The van der Waals surface area contributed by atoms with Crippen LogP contribution in [0, 0.1) is 5.92 Å². The van der Waals surface area contributed by atoms with E-state index in [1.54, 1.807) is 0 Å². The first-order valence-corrected chi connectivity index (χ1v) is 6.36. The molecular formula is C14H21ClO. The van der Waals surface area contributed by atoms with Crippen molar-refractivity contribution in [3.63, 3.8) is 0 Å². The van der Waals surface area contributed by atoms with Crippen molar-refractivity contribution < 1.29 is 4.74 Å². The summed E-state index contributed by atoms with van der Waals surface area (Å²) in [7, 11) is 0. The summed E-state index contributed by atoms with van der Waals surface area (Å²) >= 11 is 6.37. The summed E-state index contributed by atoms with van der Waals surface area (Å²) < 4.78 is 5.42. The Bertz CT molecular complexity index is 305. The van der Waals surface area contributed by atoms with Crippen LogP contribution in [0.2, 0.25) is 0 Å². The third-order valence-electron chi connectivity index (χ3n) is 2.83. The van der Waals surface area contributed by atoms with Gasteiger partial charge in [0.15, 0.2) is 0 Å². The van der Waals surface area contributed by atoms with Crippen molar-refractivity contribution in [3.05, 3.63) is 29.8 Å². The lowest BCUT2D eigenvalue weighted by molar-refractivity contribution is 0.340. The molecule has 16 heavy (non-hydrogen) atoms. The van der Waals surface area contributed by atoms with Gasteiger partial charge in [0.25, 0.3) is 0 Å². The summed E-state index contributed by atoms with van der Waals surface area (Å²) in [6.07, 6.45) is 0. The van der Waals surface area contributed by atoms with E-state index in [4.69, 9.17) is 16.3 Å². The van der Waals surface area contributed by atoms with Crippen molar-refractivity contribution in [1.82, 2.24) is 0 Å². The second-order valence-corrected chi connectivity index (χ2v) is 4.98. The Morgan fingerprint density at radius 3 is 2.12 bits per heavy atom. The van der Waals surface area contributed by atoms with E-state index in [1.165, 1.54) is 5.56 Å². The molecule has 0 aliphatic carbocycles. The summed E-state index contributed by atoms with van der Waals surface area (Å²) in [5.41, 5.74) is 1.28. The number of hydrogen-bond donors (Lipinski definition) is 0. The molecule has 1 nitrogen and oxygen atoms in total. The molecule has 2 heteroatoms. The van der Waals surface area contributed by atoms with Gasteiger partial charge in [0.1, 0.15) is 5.75 Å². The lowest BCUT2D eigenvalue weighted by Gasteiger charge is -2.21. The molecule has 0 amide bonds. The van der Waals surface area contributed by atoms with E-state index in [0.717, 1.165) is 5.75 Å². The third kappa shape index (κ3) is 3.41. The highest BCUT2D eigenvalue weighted by molar-refractivity contribution is 6.21. The third-order valence-corrected chi connectivity index (χ3v) is 3.71. The van der Waals surface area contributed by atoms with Crippen LogP contribution in [-0.4, -0.2) is 12.0 Å². The average Bonchev–Trinajstić information content (AvgIpc) is 2.28. The topological polar surface area (TPSA) is 9.23 Å². The van der Waals surface area contributed by atoms with Crippen molar-refractivity contribution >= 4 is 11.6 Å². The largest absolute Gasteiger partial charge is 0.494 e. The van der Waals surface area contributed by atoms with Crippen LogP contribution in [0.3, 0.4) is 0 Å². The summed E-state index contributed by atoms with van der Waals surface area (Å²) in [4.78, 5) is 0. The fourth-order valence-corrected chi connectivity index (χ4v) is 1.94. The minimum atomic E-state index is 0.179. The van der Waals surface area contributed by atoms with Gasteiger partial charge in [0.2, 0.25) is 0 Å². The Labute approximate surface area is 104 Å². The van der Waals surface area contributed by atoms with Crippen molar-refractivity contribution in [2.75, 3.05) is 6.61 Å². The van der Waals surface area contributed by atoms with Gasteiger partial charge in [-0.25, -0.2) is 0 Å². The first-order chi connectivity index (χ1) is 7.56. The van der Waals surface area contributed by atoms with Gasteiger partial charge in [-0.2, -0.15) is 0 Å². The normalized spacial score (nSPS) is 14.9. The molecule has 0 fully saturated rings. The molecule has 0 heterocycles. The summed E-state index contributed by atoms with van der Waals surface area (Å²) in [5, 5.41) is 0.179. The van der Waals surface area contributed by atoms with Crippen molar-refractivity contribution in [2.45, 2.75) is 39.0 Å². The molecule has 0 saturated carbocycles. The minimum Gasteiger partial charge on any atom is -0.494 e. The molecule has 2 atom stereocenters. The van der Waals surface area contributed by atoms with Gasteiger partial charge in [-0.1, -0.05) is 32.9 Å². The molecule has 0 aliphatic rings. The van der Waals surface area contributed by atoms with Gasteiger partial charge in [0, 0.05) is 5.38 Å². The minimum absolute atomic E-state index is 0.179. The molecule has 0 bridgehead atoms. The fourth-order valence-electron chi connectivity index (χ4n) is 1.80. The van der Waals surface area contributed by atoms with E-state index < -0.39 is 0 Å². The van der Waals surface area contributed by atoms with E-state index in [-0.39, 0.29) is 5.38 Å². The molecule has 1 aromatic carbocycles. The zero-order chi connectivity index (χ0) is 12.1. The first-order valence-electron chi connectivity index (χ1n) is 5.93. The Kier molecular flexibility index (Phi) is 5.14. The predicted molar refractivity (Wildman–Crippen MR) is 70.5 cm³/mol. The molecule has 0 saturated heterocycles. The smallest absolute Gasteiger partial charge is 0.119 e. The molecule has 2 unspecified atom stereocenters. The average molecular weight is 241 g/mol. The van der Waals surface area contributed by atoms with Crippen LogP contribution in [0.15, 0.2) is 24.3 Å². The Balaban J connectivity index is 2.73. The second-order valence-electron chi connectivity index (χ2n) is 4.48. The zero-order valence-corrected chi connectivity index (χ0v) is 11.3. The van der Waals surface area contributed by atoms with E-state index in [2.05, 4.69) is 32.9 Å². The molecule has 0 radical (unpaired) electrons. The molecule has 0 spiro atoms. The van der Waals surface area contributed by atoms with Gasteiger partial charge in [-0.05, 0) is 36.5 Å². The Morgan fingerprint density at radius 2 is 1.69 bits per heavy atom. The first kappa shape index (κ1) is 13.4. The maximum absolute atomic E-state index is 6.37. The molecule has 0 N–H and O–H groups in total. The van der Waals surface area contributed by atoms with E-state index in [0.29, 0.717) is 18.4 Å². The molecule has 0 aromatic heterocycles. The van der Waals surface area contributed by atoms with Gasteiger partial charge in [-0.15, -0.1) is 11.6 Å². The van der Waals surface area contributed by atoms with Gasteiger partial charge >= 0.3 is 0 Å². The number of hydrogen-bond acceptors (Lipinski definition) is 1. The lowest BCUT2D eigenvalue weighted by Crippen LogP contribution is -2.16. The number of rotatable bonds is 5. The standard InChI is InChI=1S/C14H21ClO/c1-5-16-13-8-6-12(7-9-13)11(4)14(15)10(2)3/h6-11,14H,5H2,1-4H3. The van der Waals surface area contributed by atoms with Crippen LogP contribution >= 0.6 is 11.6 Å². The van der Waals surface area contributed by atoms with Crippen LogP contribution in [0.1, 0.15) is 39.2 Å². The van der Waals surface area contributed by atoms with Crippen LogP contribution < -0.4 is 4.74 Å². The summed E-state index contributed by atoms with van der Waals surface area (Å²) in [5.74, 6) is 1.79. The highest BCUT2D eigenvalue weighted by Crippen LogP contribution is 2.29. The quantitative estimate of drug-likeness (QED) is 0.691. The van der Waals surface area contributed by atoms with E-state index in [1.807, 2.05) is 19.1 Å². The zero-order valence-electron chi connectivity index (χ0n) is 10.5. The molecule has 1 rings (SSSR count). The Hall–Kier alpha value is -0.690. The maximum atomic E-state index is 6.37. The molecule has 0 aliphatic heterocycles. The molecule has 1 aromatic rings. The highest BCUT2D eigenvalue weighted by atomic mass is 35.5. The number of ether oxygens (including phenoxy) is 1. The van der Waals surface area contributed by atoms with Crippen LogP contribution in [0.5, 0.6) is 5.75 Å². The lowest BCUT2D eigenvalue weighted by atomic mass is 9.91. The highest BCUT2D eigenvalue weighted by Gasteiger charge is 2.19. The van der Waals surface area contributed by atoms with Gasteiger partial charge in [0.05, 0.1) is 6.61 Å².